The number of rotatable bonds is 2. The van der Waals surface area contributed by atoms with Crippen molar-refractivity contribution in [1.82, 2.24) is 4.90 Å². The van der Waals surface area contributed by atoms with Gasteiger partial charge >= 0.3 is 0 Å². The van der Waals surface area contributed by atoms with Gasteiger partial charge in [0.2, 0.25) is 0 Å². The van der Waals surface area contributed by atoms with E-state index in [1.165, 1.54) is 12.8 Å². The summed E-state index contributed by atoms with van der Waals surface area (Å²) in [7, 11) is 0. The normalized spacial score (nSPS) is 19.2. The third kappa shape index (κ3) is 1.97. The average Bonchev–Trinajstić information content (AvgIpc) is 3.03. The molecule has 5 heteroatoms. The van der Waals surface area contributed by atoms with Gasteiger partial charge in [0.25, 0.3) is 0 Å². The first-order valence-electron chi connectivity index (χ1n) is 5.50. The van der Waals surface area contributed by atoms with Crippen LogP contribution in [0.4, 0.5) is 14.5 Å². The quantitative estimate of drug-likeness (QED) is 0.749. The molecule has 0 saturated heterocycles. The first-order chi connectivity index (χ1) is 8.15. The second-order valence-electron chi connectivity index (χ2n) is 4.37. The molecule has 1 fully saturated rings. The zero-order valence-corrected chi connectivity index (χ0v) is 9.79. The molecule has 17 heavy (non-hydrogen) atoms. The van der Waals surface area contributed by atoms with E-state index in [-0.39, 0.29) is 10.7 Å². The molecule has 1 heterocycles. The molecule has 0 atom stereocenters. The Balaban J connectivity index is 1.85. The van der Waals surface area contributed by atoms with Crippen LogP contribution in [0.1, 0.15) is 12.8 Å². The summed E-state index contributed by atoms with van der Waals surface area (Å²) in [4.78, 5) is 3.82. The zero-order valence-electron chi connectivity index (χ0n) is 9.04. The summed E-state index contributed by atoms with van der Waals surface area (Å²) in [5.74, 6) is -1.10. The Hall–Kier alpha value is -1.29. The summed E-state index contributed by atoms with van der Waals surface area (Å²) in [6, 6.07) is 2.72. The third-order valence-electron chi connectivity index (χ3n) is 3.07. The SMILES string of the molecule is Fc1cc(N2C=CN(C3CC3)C2)c(F)cc1Cl. The molecule has 0 amide bonds. The number of hydrogen-bond donors (Lipinski definition) is 0. The minimum Gasteiger partial charge on any atom is -0.355 e. The largest absolute Gasteiger partial charge is 0.355 e. The number of halogens is 3. The summed E-state index contributed by atoms with van der Waals surface area (Å²) in [6.07, 6.45) is 6.04. The summed E-state index contributed by atoms with van der Waals surface area (Å²) >= 11 is 5.52. The average molecular weight is 257 g/mol. The van der Waals surface area contributed by atoms with Crippen LogP contribution in [-0.4, -0.2) is 17.6 Å². The molecule has 0 aromatic heterocycles. The Morgan fingerprint density at radius 1 is 1.12 bits per heavy atom. The van der Waals surface area contributed by atoms with E-state index in [1.54, 1.807) is 11.1 Å². The predicted molar refractivity (Wildman–Crippen MR) is 62.7 cm³/mol. The van der Waals surface area contributed by atoms with Crippen LogP contribution in [0.3, 0.4) is 0 Å². The molecule has 3 rings (SSSR count). The first-order valence-corrected chi connectivity index (χ1v) is 5.88. The van der Waals surface area contributed by atoms with Crippen LogP contribution in [0, 0.1) is 11.6 Å². The van der Waals surface area contributed by atoms with E-state index < -0.39 is 11.6 Å². The molecule has 0 N–H and O–H groups in total. The summed E-state index contributed by atoms with van der Waals surface area (Å²) in [5, 5.41) is -0.187. The zero-order chi connectivity index (χ0) is 12.0. The maximum absolute atomic E-state index is 13.7. The molecule has 1 aliphatic heterocycles. The minimum atomic E-state index is -0.596. The highest BCUT2D eigenvalue weighted by molar-refractivity contribution is 6.30. The molecule has 0 bridgehead atoms. The van der Waals surface area contributed by atoms with Crippen LogP contribution >= 0.6 is 11.6 Å². The van der Waals surface area contributed by atoms with Gasteiger partial charge in [0.15, 0.2) is 0 Å². The van der Waals surface area contributed by atoms with E-state index in [0.29, 0.717) is 12.7 Å². The molecule has 1 aromatic carbocycles. The number of benzene rings is 1. The van der Waals surface area contributed by atoms with Gasteiger partial charge in [0, 0.05) is 24.5 Å². The smallest absolute Gasteiger partial charge is 0.148 e. The second-order valence-corrected chi connectivity index (χ2v) is 4.78. The highest BCUT2D eigenvalue weighted by Crippen LogP contribution is 2.33. The van der Waals surface area contributed by atoms with Crippen molar-refractivity contribution in [2.75, 3.05) is 11.6 Å². The predicted octanol–water partition coefficient (Wildman–Crippen LogP) is 3.33. The van der Waals surface area contributed by atoms with Gasteiger partial charge in [-0.2, -0.15) is 0 Å². The molecule has 0 radical (unpaired) electrons. The van der Waals surface area contributed by atoms with Crippen molar-refractivity contribution >= 4 is 17.3 Å². The van der Waals surface area contributed by atoms with Gasteiger partial charge in [-0.05, 0) is 18.9 Å². The van der Waals surface area contributed by atoms with E-state index >= 15 is 0 Å². The molecule has 2 nitrogen and oxygen atoms in total. The molecule has 1 saturated carbocycles. The number of hydrogen-bond acceptors (Lipinski definition) is 2. The molecule has 1 aliphatic carbocycles. The van der Waals surface area contributed by atoms with E-state index in [9.17, 15) is 8.78 Å². The van der Waals surface area contributed by atoms with E-state index in [1.807, 2.05) is 6.20 Å². The Kier molecular flexibility index (Phi) is 2.47. The van der Waals surface area contributed by atoms with Crippen LogP contribution in [-0.2, 0) is 0 Å². The lowest BCUT2D eigenvalue weighted by atomic mass is 10.3. The van der Waals surface area contributed by atoms with Gasteiger partial charge in [-0.15, -0.1) is 0 Å². The molecule has 0 unspecified atom stereocenters. The van der Waals surface area contributed by atoms with Crippen molar-refractivity contribution in [3.63, 3.8) is 0 Å². The van der Waals surface area contributed by atoms with E-state index in [2.05, 4.69) is 4.90 Å². The molecule has 2 aliphatic rings. The number of nitrogens with zero attached hydrogens (tertiary/aromatic N) is 2. The van der Waals surface area contributed by atoms with Crippen LogP contribution in [0.5, 0.6) is 0 Å². The Morgan fingerprint density at radius 3 is 2.59 bits per heavy atom. The van der Waals surface area contributed by atoms with Crippen LogP contribution < -0.4 is 4.90 Å². The molecular weight excluding hydrogens is 246 g/mol. The second kappa shape index (κ2) is 3.88. The molecule has 1 aromatic rings. The fourth-order valence-corrected chi connectivity index (χ4v) is 2.12. The van der Waals surface area contributed by atoms with Crippen molar-refractivity contribution in [2.45, 2.75) is 18.9 Å². The molecule has 0 spiro atoms. The van der Waals surface area contributed by atoms with Gasteiger partial charge in [-0.3, -0.25) is 0 Å². The van der Waals surface area contributed by atoms with Crippen molar-refractivity contribution in [3.8, 4) is 0 Å². The van der Waals surface area contributed by atoms with E-state index in [4.69, 9.17) is 11.6 Å². The summed E-state index contributed by atoms with van der Waals surface area (Å²) < 4.78 is 27.0. The van der Waals surface area contributed by atoms with Gasteiger partial charge in [-0.25, -0.2) is 8.78 Å². The monoisotopic (exact) mass is 256 g/mol. The minimum absolute atomic E-state index is 0.187. The van der Waals surface area contributed by atoms with Crippen molar-refractivity contribution in [3.05, 3.63) is 41.2 Å². The summed E-state index contributed by atoms with van der Waals surface area (Å²) in [5.41, 5.74) is 0.228. The Morgan fingerprint density at radius 2 is 1.88 bits per heavy atom. The standard InChI is InChI=1S/C12H11ClF2N2/c13-9-5-11(15)12(6-10(9)14)17-4-3-16(7-17)8-1-2-8/h3-6,8H,1-2,7H2. The van der Waals surface area contributed by atoms with E-state index in [0.717, 1.165) is 12.1 Å². The van der Waals surface area contributed by atoms with Crippen molar-refractivity contribution < 1.29 is 8.78 Å². The fourth-order valence-electron chi connectivity index (χ4n) is 1.97. The highest BCUT2D eigenvalue weighted by Gasteiger charge is 2.31. The third-order valence-corrected chi connectivity index (χ3v) is 3.36. The topological polar surface area (TPSA) is 6.48 Å². The van der Waals surface area contributed by atoms with Gasteiger partial charge < -0.3 is 9.80 Å². The molecule has 90 valence electrons. The van der Waals surface area contributed by atoms with Crippen LogP contribution in [0.25, 0.3) is 0 Å². The van der Waals surface area contributed by atoms with Gasteiger partial charge in [0.05, 0.1) is 17.4 Å². The first kappa shape index (κ1) is 10.8. The number of anilines is 1. The van der Waals surface area contributed by atoms with Crippen molar-refractivity contribution in [1.29, 1.82) is 0 Å². The lowest BCUT2D eigenvalue weighted by Gasteiger charge is -2.21. The maximum atomic E-state index is 13.7. The Bertz CT molecular complexity index is 486. The Labute approximate surface area is 103 Å². The lowest BCUT2D eigenvalue weighted by Crippen LogP contribution is -2.27. The van der Waals surface area contributed by atoms with Gasteiger partial charge in [0.1, 0.15) is 11.6 Å². The van der Waals surface area contributed by atoms with Gasteiger partial charge in [-0.1, -0.05) is 11.6 Å². The van der Waals surface area contributed by atoms with Crippen LogP contribution in [0.15, 0.2) is 24.5 Å². The maximum Gasteiger partial charge on any atom is 0.148 e. The fraction of sp³-hybridized carbons (Fsp3) is 0.333. The lowest BCUT2D eigenvalue weighted by molar-refractivity contribution is 0.395. The summed E-state index contributed by atoms with van der Waals surface area (Å²) in [6.45, 7) is 0.572. The van der Waals surface area contributed by atoms with Crippen molar-refractivity contribution in [2.24, 2.45) is 0 Å². The highest BCUT2D eigenvalue weighted by atomic mass is 35.5. The molecular formula is C12H11ClF2N2. The van der Waals surface area contributed by atoms with Crippen LogP contribution in [0.2, 0.25) is 5.02 Å².